The van der Waals surface area contributed by atoms with Crippen LogP contribution in [0.25, 0.3) is 27.7 Å². The summed E-state index contributed by atoms with van der Waals surface area (Å²) in [6, 6.07) is 18.6. The molecule has 3 aromatic rings. The molecule has 0 atom stereocenters. The van der Waals surface area contributed by atoms with Gasteiger partial charge in [-0.15, -0.1) is 0 Å². The number of allylic oxidation sites excluding steroid dienone is 2. The van der Waals surface area contributed by atoms with Crippen molar-refractivity contribution >= 4 is 16.5 Å². The average molecular weight is 245 g/mol. The molecule has 1 aromatic heterocycles. The van der Waals surface area contributed by atoms with E-state index in [1.807, 2.05) is 36.4 Å². The zero-order valence-corrected chi connectivity index (χ0v) is 10.7. The van der Waals surface area contributed by atoms with Crippen molar-refractivity contribution in [3.8, 4) is 11.3 Å². The van der Waals surface area contributed by atoms with Gasteiger partial charge in [-0.1, -0.05) is 67.8 Å². The van der Waals surface area contributed by atoms with Gasteiger partial charge in [-0.3, -0.25) is 0 Å². The van der Waals surface area contributed by atoms with Gasteiger partial charge in [0.1, 0.15) is 0 Å². The Bertz CT molecular complexity index is 748. The van der Waals surface area contributed by atoms with E-state index < -0.39 is 0 Å². The summed E-state index contributed by atoms with van der Waals surface area (Å²) in [5.74, 6) is 0. The number of nitrogens with one attached hydrogen (secondary N) is 1. The topological polar surface area (TPSA) is 15.8 Å². The molecule has 0 fully saturated rings. The van der Waals surface area contributed by atoms with Crippen molar-refractivity contribution < 1.29 is 0 Å². The van der Waals surface area contributed by atoms with Crippen LogP contribution in [0, 0.1) is 0 Å². The maximum Gasteiger partial charge on any atom is 0.0544 e. The van der Waals surface area contributed by atoms with Gasteiger partial charge in [0.15, 0.2) is 0 Å². The van der Waals surface area contributed by atoms with Crippen LogP contribution >= 0.6 is 0 Å². The fourth-order valence-electron chi connectivity index (χ4n) is 2.40. The maximum absolute atomic E-state index is 4.11. The number of hydrogen-bond acceptors (Lipinski definition) is 0. The van der Waals surface area contributed by atoms with Crippen molar-refractivity contribution in [1.29, 1.82) is 0 Å². The molecule has 19 heavy (non-hydrogen) atoms. The molecule has 2 aromatic carbocycles. The largest absolute Gasteiger partial charge is 0.354 e. The molecule has 0 saturated heterocycles. The number of fused-ring (bicyclic) bond motifs is 1. The molecule has 0 spiro atoms. The standard InChI is InChI=1S/C18H15N/c1-3-13(2)17-15-11-7-8-12-16(15)19-18(17)14-9-5-4-6-10-14/h3-12,19H,1-2H2. The summed E-state index contributed by atoms with van der Waals surface area (Å²) < 4.78 is 0. The third-order valence-electron chi connectivity index (χ3n) is 3.34. The smallest absolute Gasteiger partial charge is 0.0544 e. The van der Waals surface area contributed by atoms with Gasteiger partial charge in [-0.2, -0.15) is 0 Å². The third-order valence-corrected chi connectivity index (χ3v) is 3.34. The van der Waals surface area contributed by atoms with Gasteiger partial charge in [0.2, 0.25) is 0 Å². The van der Waals surface area contributed by atoms with E-state index in [2.05, 4.69) is 42.4 Å². The lowest BCUT2D eigenvalue weighted by Crippen LogP contribution is -1.83. The molecule has 1 heterocycles. The van der Waals surface area contributed by atoms with Crippen molar-refractivity contribution in [2.24, 2.45) is 0 Å². The summed E-state index contributed by atoms with van der Waals surface area (Å²) in [7, 11) is 0. The first-order valence-corrected chi connectivity index (χ1v) is 6.29. The molecule has 0 bridgehead atoms. The average Bonchev–Trinajstić information content (AvgIpc) is 2.87. The van der Waals surface area contributed by atoms with E-state index in [1.165, 1.54) is 5.39 Å². The zero-order chi connectivity index (χ0) is 13.2. The molecule has 1 nitrogen and oxygen atoms in total. The van der Waals surface area contributed by atoms with Crippen molar-refractivity contribution in [2.75, 3.05) is 0 Å². The highest BCUT2D eigenvalue weighted by atomic mass is 14.7. The Kier molecular flexibility index (Phi) is 2.81. The Balaban J connectivity index is 2.35. The van der Waals surface area contributed by atoms with E-state index in [0.717, 1.165) is 27.9 Å². The fourth-order valence-corrected chi connectivity index (χ4v) is 2.40. The minimum Gasteiger partial charge on any atom is -0.354 e. The van der Waals surface area contributed by atoms with Crippen molar-refractivity contribution in [3.63, 3.8) is 0 Å². The van der Waals surface area contributed by atoms with Crippen LogP contribution in [0.4, 0.5) is 0 Å². The van der Waals surface area contributed by atoms with E-state index in [0.29, 0.717) is 0 Å². The highest BCUT2D eigenvalue weighted by Crippen LogP contribution is 2.34. The van der Waals surface area contributed by atoms with Crippen LogP contribution in [0.1, 0.15) is 5.56 Å². The summed E-state index contributed by atoms with van der Waals surface area (Å²) >= 11 is 0. The van der Waals surface area contributed by atoms with Crippen LogP contribution in [0.3, 0.4) is 0 Å². The first-order valence-electron chi connectivity index (χ1n) is 6.29. The molecule has 1 heteroatoms. The number of aromatic amines is 1. The molecule has 0 saturated carbocycles. The Morgan fingerprint density at radius 2 is 1.63 bits per heavy atom. The van der Waals surface area contributed by atoms with Gasteiger partial charge in [-0.25, -0.2) is 0 Å². The molecule has 0 radical (unpaired) electrons. The highest BCUT2D eigenvalue weighted by Gasteiger charge is 2.13. The van der Waals surface area contributed by atoms with E-state index in [1.54, 1.807) is 0 Å². The second kappa shape index (κ2) is 4.62. The first kappa shape index (κ1) is 11.5. The maximum atomic E-state index is 4.11. The van der Waals surface area contributed by atoms with E-state index in [9.17, 15) is 0 Å². The van der Waals surface area contributed by atoms with Gasteiger partial charge in [-0.05, 0) is 17.2 Å². The van der Waals surface area contributed by atoms with Crippen LogP contribution in [0.15, 0.2) is 73.8 Å². The van der Waals surface area contributed by atoms with Crippen molar-refractivity contribution in [2.45, 2.75) is 0 Å². The third kappa shape index (κ3) is 1.89. The van der Waals surface area contributed by atoms with Crippen molar-refractivity contribution in [1.82, 2.24) is 4.98 Å². The van der Waals surface area contributed by atoms with Crippen LogP contribution in [0.5, 0.6) is 0 Å². The monoisotopic (exact) mass is 245 g/mol. The second-order valence-corrected chi connectivity index (χ2v) is 4.52. The summed E-state index contributed by atoms with van der Waals surface area (Å²) in [5.41, 5.74) is 5.47. The summed E-state index contributed by atoms with van der Waals surface area (Å²) in [6.07, 6.45) is 1.81. The van der Waals surface area contributed by atoms with Crippen LogP contribution in [0.2, 0.25) is 0 Å². The zero-order valence-electron chi connectivity index (χ0n) is 10.7. The Hall–Kier alpha value is -2.54. The number of para-hydroxylation sites is 1. The van der Waals surface area contributed by atoms with Gasteiger partial charge in [0, 0.05) is 16.5 Å². The van der Waals surface area contributed by atoms with E-state index in [4.69, 9.17) is 0 Å². The number of rotatable bonds is 3. The fraction of sp³-hybridized carbons (Fsp3) is 0. The predicted octanol–water partition coefficient (Wildman–Crippen LogP) is 5.03. The number of hydrogen-bond donors (Lipinski definition) is 1. The van der Waals surface area contributed by atoms with Crippen molar-refractivity contribution in [3.05, 3.63) is 79.4 Å². The van der Waals surface area contributed by atoms with Gasteiger partial charge < -0.3 is 4.98 Å². The summed E-state index contributed by atoms with van der Waals surface area (Å²) in [6.45, 7) is 7.96. The molecule has 0 amide bonds. The van der Waals surface area contributed by atoms with E-state index in [-0.39, 0.29) is 0 Å². The second-order valence-electron chi connectivity index (χ2n) is 4.52. The van der Waals surface area contributed by atoms with Crippen LogP contribution < -0.4 is 0 Å². The molecule has 3 rings (SSSR count). The Morgan fingerprint density at radius 3 is 2.37 bits per heavy atom. The lowest BCUT2D eigenvalue weighted by atomic mass is 9.99. The summed E-state index contributed by atoms with van der Waals surface area (Å²) in [4.78, 5) is 3.49. The Morgan fingerprint density at radius 1 is 0.947 bits per heavy atom. The van der Waals surface area contributed by atoms with Crippen LogP contribution in [-0.2, 0) is 0 Å². The molecular formula is C18H15N. The first-order chi connectivity index (χ1) is 9.31. The highest BCUT2D eigenvalue weighted by molar-refractivity contribution is 6.01. The molecule has 0 unspecified atom stereocenters. The number of H-pyrrole nitrogens is 1. The summed E-state index contributed by atoms with van der Waals surface area (Å²) in [5, 5.41) is 1.19. The van der Waals surface area contributed by atoms with Crippen LogP contribution in [-0.4, -0.2) is 4.98 Å². The Labute approximate surface area is 112 Å². The van der Waals surface area contributed by atoms with Gasteiger partial charge in [0.25, 0.3) is 0 Å². The molecule has 0 aliphatic heterocycles. The number of aromatic nitrogens is 1. The normalized spacial score (nSPS) is 10.5. The minimum atomic E-state index is 0.941. The van der Waals surface area contributed by atoms with Gasteiger partial charge in [0.05, 0.1) is 5.69 Å². The SMILES string of the molecule is C=CC(=C)c1c(-c2ccccc2)[nH]c2ccccc12. The van der Waals surface area contributed by atoms with E-state index >= 15 is 0 Å². The molecular weight excluding hydrogens is 230 g/mol. The predicted molar refractivity (Wildman–Crippen MR) is 83.0 cm³/mol. The molecule has 1 N–H and O–H groups in total. The molecule has 0 aliphatic rings. The number of benzene rings is 2. The lowest BCUT2D eigenvalue weighted by molar-refractivity contribution is 1.44. The lowest BCUT2D eigenvalue weighted by Gasteiger charge is -2.04. The quantitative estimate of drug-likeness (QED) is 0.622. The molecule has 92 valence electrons. The minimum absolute atomic E-state index is 0.941. The molecule has 0 aliphatic carbocycles. The van der Waals surface area contributed by atoms with Gasteiger partial charge >= 0.3 is 0 Å².